The van der Waals surface area contributed by atoms with Crippen molar-refractivity contribution in [1.82, 2.24) is 4.98 Å². The van der Waals surface area contributed by atoms with Gasteiger partial charge in [-0.1, -0.05) is 0 Å². The van der Waals surface area contributed by atoms with Gasteiger partial charge in [-0.2, -0.15) is 4.99 Å². The molecule has 0 aromatic carbocycles. The summed E-state index contributed by atoms with van der Waals surface area (Å²) in [5, 5.41) is 7.65. The number of hydrogen-bond donors (Lipinski definition) is 1. The highest BCUT2D eigenvalue weighted by molar-refractivity contribution is 7.80. The van der Waals surface area contributed by atoms with Gasteiger partial charge in [-0.05, 0) is 30.8 Å². The lowest BCUT2D eigenvalue weighted by Gasteiger charge is -1.98. The number of aliphatic imine (C=N–C) groups is 1. The highest BCUT2D eigenvalue weighted by Crippen LogP contribution is 2.11. The molecule has 1 aliphatic heterocycles. The SMILES string of the molecule is CCOC(=O)Cc1c[nH]c(C2=NC(=S)N=N2)c1. The predicted molar refractivity (Wildman–Crippen MR) is 65.1 cm³/mol. The van der Waals surface area contributed by atoms with Crippen LogP contribution in [-0.4, -0.2) is 28.5 Å². The molecule has 0 unspecified atom stereocenters. The number of nitrogens with zero attached hydrogens (tertiary/aromatic N) is 3. The molecule has 7 heteroatoms. The number of azo groups is 1. The van der Waals surface area contributed by atoms with Crippen LogP contribution in [0.4, 0.5) is 0 Å². The average Bonchev–Trinajstić information content (AvgIpc) is 2.87. The molecule has 1 aromatic heterocycles. The number of thiocarbonyl (C=S) groups is 1. The maximum absolute atomic E-state index is 11.3. The fourth-order valence-electron chi connectivity index (χ4n) is 1.39. The number of aromatic amines is 1. The van der Waals surface area contributed by atoms with Gasteiger partial charge in [-0.25, -0.2) is 0 Å². The van der Waals surface area contributed by atoms with E-state index in [1.165, 1.54) is 0 Å². The summed E-state index contributed by atoms with van der Waals surface area (Å²) in [5.41, 5.74) is 1.50. The second-order valence-electron chi connectivity index (χ2n) is 3.32. The summed E-state index contributed by atoms with van der Waals surface area (Å²) in [6.07, 6.45) is 1.94. The van der Waals surface area contributed by atoms with Gasteiger partial charge in [0.05, 0.1) is 18.7 Å². The molecule has 0 saturated heterocycles. The molecule has 0 amide bonds. The van der Waals surface area contributed by atoms with Crippen molar-refractivity contribution in [2.45, 2.75) is 13.3 Å². The first-order valence-electron chi connectivity index (χ1n) is 5.06. The van der Waals surface area contributed by atoms with Crippen LogP contribution in [0.1, 0.15) is 18.2 Å². The summed E-state index contributed by atoms with van der Waals surface area (Å²) >= 11 is 4.77. The Morgan fingerprint density at radius 3 is 3.00 bits per heavy atom. The van der Waals surface area contributed by atoms with E-state index in [0.29, 0.717) is 18.1 Å². The van der Waals surface area contributed by atoms with Gasteiger partial charge in [0.25, 0.3) is 0 Å². The summed E-state index contributed by atoms with van der Waals surface area (Å²) in [6.45, 7) is 2.15. The fourth-order valence-corrected chi connectivity index (χ4v) is 1.52. The van der Waals surface area contributed by atoms with Crippen LogP contribution >= 0.6 is 12.2 Å². The van der Waals surface area contributed by atoms with E-state index < -0.39 is 0 Å². The van der Waals surface area contributed by atoms with E-state index in [-0.39, 0.29) is 17.5 Å². The van der Waals surface area contributed by atoms with E-state index in [1.54, 1.807) is 19.2 Å². The lowest BCUT2D eigenvalue weighted by Crippen LogP contribution is -2.06. The van der Waals surface area contributed by atoms with E-state index in [2.05, 4.69) is 20.2 Å². The molecule has 0 spiro atoms. The number of amidine groups is 1. The Bertz CT molecular complexity index is 518. The third-order valence-corrected chi connectivity index (χ3v) is 2.24. The summed E-state index contributed by atoms with van der Waals surface area (Å²) < 4.78 is 4.85. The summed E-state index contributed by atoms with van der Waals surface area (Å²) in [7, 11) is 0. The van der Waals surface area contributed by atoms with Crippen LogP contribution in [0.2, 0.25) is 0 Å². The number of hydrogen-bond acceptors (Lipinski definition) is 4. The maximum Gasteiger partial charge on any atom is 0.310 e. The third kappa shape index (κ3) is 2.82. The zero-order valence-corrected chi connectivity index (χ0v) is 9.95. The minimum atomic E-state index is -0.261. The van der Waals surface area contributed by atoms with Crippen LogP contribution in [0.5, 0.6) is 0 Å². The van der Waals surface area contributed by atoms with Gasteiger partial charge < -0.3 is 9.72 Å². The van der Waals surface area contributed by atoms with Crippen molar-refractivity contribution >= 4 is 29.1 Å². The Hall–Kier alpha value is -1.89. The average molecular weight is 250 g/mol. The van der Waals surface area contributed by atoms with Crippen LogP contribution in [0.15, 0.2) is 27.5 Å². The summed E-state index contributed by atoms with van der Waals surface area (Å²) in [6, 6.07) is 1.78. The zero-order valence-electron chi connectivity index (χ0n) is 9.14. The fraction of sp³-hybridized carbons (Fsp3) is 0.300. The third-order valence-electron chi connectivity index (χ3n) is 2.07. The van der Waals surface area contributed by atoms with Crippen molar-refractivity contribution in [3.8, 4) is 0 Å². The highest BCUT2D eigenvalue weighted by Gasteiger charge is 2.13. The maximum atomic E-state index is 11.3. The smallest absolute Gasteiger partial charge is 0.310 e. The number of nitrogens with one attached hydrogen (secondary N) is 1. The van der Waals surface area contributed by atoms with Crippen molar-refractivity contribution in [1.29, 1.82) is 0 Å². The van der Waals surface area contributed by atoms with Crippen LogP contribution in [0.25, 0.3) is 0 Å². The normalized spacial score (nSPS) is 13.9. The van der Waals surface area contributed by atoms with E-state index in [9.17, 15) is 4.79 Å². The lowest BCUT2D eigenvalue weighted by atomic mass is 10.2. The van der Waals surface area contributed by atoms with Gasteiger partial charge in [0.1, 0.15) is 0 Å². The number of rotatable bonds is 4. The van der Waals surface area contributed by atoms with Gasteiger partial charge in [-0.3, -0.25) is 4.79 Å². The molecule has 0 bridgehead atoms. The van der Waals surface area contributed by atoms with E-state index >= 15 is 0 Å². The van der Waals surface area contributed by atoms with Crippen LogP contribution < -0.4 is 0 Å². The first-order valence-corrected chi connectivity index (χ1v) is 5.47. The Morgan fingerprint density at radius 1 is 1.53 bits per heavy atom. The number of H-pyrrole nitrogens is 1. The van der Waals surface area contributed by atoms with Gasteiger partial charge in [0.15, 0.2) is 0 Å². The monoisotopic (exact) mass is 250 g/mol. The molecule has 1 N–H and O–H groups in total. The van der Waals surface area contributed by atoms with E-state index in [1.807, 2.05) is 0 Å². The molecule has 1 aromatic rings. The topological polar surface area (TPSA) is 79.2 Å². The van der Waals surface area contributed by atoms with E-state index in [0.717, 1.165) is 5.56 Å². The van der Waals surface area contributed by atoms with Gasteiger partial charge >= 0.3 is 5.97 Å². The number of carbonyl (C=O) groups excluding carboxylic acids is 1. The second-order valence-corrected chi connectivity index (χ2v) is 3.69. The Morgan fingerprint density at radius 2 is 2.35 bits per heavy atom. The first-order chi connectivity index (χ1) is 8.19. The standard InChI is InChI=1S/C10H10N4O2S/c1-2-16-8(15)4-6-3-7(11-5-6)9-12-10(17)14-13-9/h3,5,11H,2,4H2,1H3. The second kappa shape index (κ2) is 4.96. The minimum Gasteiger partial charge on any atom is -0.466 e. The van der Waals surface area contributed by atoms with Crippen molar-refractivity contribution in [2.75, 3.05) is 6.61 Å². The van der Waals surface area contributed by atoms with E-state index in [4.69, 9.17) is 17.0 Å². The van der Waals surface area contributed by atoms with Crippen molar-refractivity contribution in [3.05, 3.63) is 23.5 Å². The highest BCUT2D eigenvalue weighted by atomic mass is 32.1. The zero-order chi connectivity index (χ0) is 12.3. The largest absolute Gasteiger partial charge is 0.466 e. The number of esters is 1. The van der Waals surface area contributed by atoms with Crippen molar-refractivity contribution < 1.29 is 9.53 Å². The molecular weight excluding hydrogens is 240 g/mol. The quantitative estimate of drug-likeness (QED) is 0.651. The van der Waals surface area contributed by atoms with Crippen molar-refractivity contribution in [3.63, 3.8) is 0 Å². The number of carbonyl (C=O) groups is 1. The molecule has 2 heterocycles. The lowest BCUT2D eigenvalue weighted by molar-refractivity contribution is -0.142. The Labute approximate surface area is 103 Å². The molecule has 0 aliphatic carbocycles. The number of aromatic nitrogens is 1. The molecule has 6 nitrogen and oxygen atoms in total. The molecule has 0 radical (unpaired) electrons. The summed E-state index contributed by atoms with van der Waals surface area (Å²) in [5.74, 6) is 0.175. The van der Waals surface area contributed by atoms with Crippen LogP contribution in [0.3, 0.4) is 0 Å². The molecule has 17 heavy (non-hydrogen) atoms. The minimum absolute atomic E-state index is 0.210. The molecule has 0 saturated carbocycles. The molecule has 1 aliphatic rings. The molecular formula is C10H10N4O2S. The first kappa shape index (κ1) is 11.6. The Kier molecular flexibility index (Phi) is 3.38. The molecule has 0 fully saturated rings. The van der Waals surface area contributed by atoms with Gasteiger partial charge in [0.2, 0.25) is 10.9 Å². The number of ether oxygens (including phenoxy) is 1. The van der Waals surface area contributed by atoms with Gasteiger partial charge in [-0.15, -0.1) is 10.2 Å². The van der Waals surface area contributed by atoms with Crippen molar-refractivity contribution in [2.24, 2.45) is 15.2 Å². The molecule has 2 rings (SSSR count). The van der Waals surface area contributed by atoms with Gasteiger partial charge in [0, 0.05) is 6.20 Å². The molecule has 88 valence electrons. The van der Waals surface area contributed by atoms with Crippen LogP contribution in [0, 0.1) is 0 Å². The predicted octanol–water partition coefficient (Wildman–Crippen LogP) is 1.62. The van der Waals surface area contributed by atoms with Crippen LogP contribution in [-0.2, 0) is 16.0 Å². The molecule has 0 atom stereocenters. The summed E-state index contributed by atoms with van der Waals surface area (Å²) in [4.78, 5) is 18.2. The Balaban J connectivity index is 2.06.